The van der Waals surface area contributed by atoms with Crippen molar-refractivity contribution in [1.29, 1.82) is 0 Å². The molecule has 0 amide bonds. The minimum absolute atomic E-state index is 0.402. The molecule has 0 heterocycles. The van der Waals surface area contributed by atoms with Crippen LogP contribution < -0.4 is 0 Å². The normalized spacial score (nSPS) is 25.1. The van der Waals surface area contributed by atoms with Gasteiger partial charge < -0.3 is 9.64 Å². The van der Waals surface area contributed by atoms with Gasteiger partial charge in [-0.05, 0) is 32.5 Å². The summed E-state index contributed by atoms with van der Waals surface area (Å²) in [6.07, 6.45) is 5.53. The van der Waals surface area contributed by atoms with E-state index in [0.717, 1.165) is 6.61 Å². The standard InChI is InChI=1S/C15H23NO/c1-16(2)14-10-6-7-11-15(14)17-12-13-8-4-3-5-9-13/h3-5,8-9,14-15H,6-7,10-12H2,1-2H3/t14-,15-/m1/s1. The number of benzene rings is 1. The Bertz CT molecular complexity index is 323. The van der Waals surface area contributed by atoms with E-state index in [4.69, 9.17) is 4.74 Å². The first kappa shape index (κ1) is 12.6. The zero-order valence-electron chi connectivity index (χ0n) is 10.9. The van der Waals surface area contributed by atoms with Gasteiger partial charge in [0.1, 0.15) is 0 Å². The van der Waals surface area contributed by atoms with E-state index in [1.54, 1.807) is 0 Å². The summed E-state index contributed by atoms with van der Waals surface area (Å²) < 4.78 is 6.10. The van der Waals surface area contributed by atoms with Gasteiger partial charge in [-0.1, -0.05) is 43.2 Å². The summed E-state index contributed by atoms with van der Waals surface area (Å²) in [4.78, 5) is 2.31. The maximum atomic E-state index is 6.10. The molecule has 2 heteroatoms. The first-order chi connectivity index (χ1) is 8.27. The molecule has 1 aliphatic rings. The predicted molar refractivity (Wildman–Crippen MR) is 71.0 cm³/mol. The van der Waals surface area contributed by atoms with Crippen LogP contribution in [0.25, 0.3) is 0 Å². The lowest BCUT2D eigenvalue weighted by molar-refractivity contribution is -0.0323. The molecule has 94 valence electrons. The molecule has 1 fully saturated rings. The molecule has 0 N–H and O–H groups in total. The number of likely N-dealkylation sites (N-methyl/N-ethyl adjacent to an activating group) is 1. The molecule has 0 radical (unpaired) electrons. The molecule has 0 bridgehead atoms. The second-order valence-electron chi connectivity index (χ2n) is 5.15. The van der Waals surface area contributed by atoms with E-state index < -0.39 is 0 Å². The lowest BCUT2D eigenvalue weighted by Gasteiger charge is -2.35. The number of hydrogen-bond acceptors (Lipinski definition) is 2. The van der Waals surface area contributed by atoms with Crippen molar-refractivity contribution in [3.8, 4) is 0 Å². The van der Waals surface area contributed by atoms with Gasteiger partial charge in [0.05, 0.1) is 12.7 Å². The van der Waals surface area contributed by atoms with Gasteiger partial charge >= 0.3 is 0 Å². The Balaban J connectivity index is 1.88. The Hall–Kier alpha value is -0.860. The quantitative estimate of drug-likeness (QED) is 0.792. The molecule has 0 aliphatic heterocycles. The number of hydrogen-bond donors (Lipinski definition) is 0. The molecule has 0 unspecified atom stereocenters. The van der Waals surface area contributed by atoms with E-state index in [2.05, 4.69) is 43.3 Å². The largest absolute Gasteiger partial charge is 0.372 e. The summed E-state index contributed by atoms with van der Waals surface area (Å²) in [6, 6.07) is 11.0. The third-order valence-electron chi connectivity index (χ3n) is 3.64. The SMILES string of the molecule is CN(C)[C@@H]1CCCC[C@H]1OCc1ccccc1. The Labute approximate surface area is 105 Å². The van der Waals surface area contributed by atoms with Gasteiger partial charge in [-0.2, -0.15) is 0 Å². The molecule has 2 nitrogen and oxygen atoms in total. The third-order valence-corrected chi connectivity index (χ3v) is 3.64. The minimum atomic E-state index is 0.402. The van der Waals surface area contributed by atoms with E-state index in [1.807, 2.05) is 6.07 Å². The summed E-state index contributed by atoms with van der Waals surface area (Å²) in [7, 11) is 4.32. The molecule has 0 spiro atoms. The Kier molecular flexibility index (Phi) is 4.57. The van der Waals surface area contributed by atoms with Crippen molar-refractivity contribution in [2.75, 3.05) is 14.1 Å². The Morgan fingerprint density at radius 2 is 1.82 bits per heavy atom. The molecular formula is C15H23NO. The summed E-state index contributed by atoms with van der Waals surface area (Å²) >= 11 is 0. The predicted octanol–water partition coefficient (Wildman–Crippen LogP) is 3.08. The first-order valence-electron chi connectivity index (χ1n) is 6.59. The topological polar surface area (TPSA) is 12.5 Å². The van der Waals surface area contributed by atoms with Crippen LogP contribution in [0.2, 0.25) is 0 Å². The lowest BCUT2D eigenvalue weighted by atomic mass is 9.91. The van der Waals surface area contributed by atoms with Gasteiger partial charge in [-0.15, -0.1) is 0 Å². The summed E-state index contributed by atoms with van der Waals surface area (Å²) in [5.74, 6) is 0. The monoisotopic (exact) mass is 233 g/mol. The van der Waals surface area contributed by atoms with Gasteiger partial charge in [0.15, 0.2) is 0 Å². The highest BCUT2D eigenvalue weighted by Gasteiger charge is 2.27. The first-order valence-corrected chi connectivity index (χ1v) is 6.59. The fourth-order valence-corrected chi connectivity index (χ4v) is 2.64. The number of nitrogens with zero attached hydrogens (tertiary/aromatic N) is 1. The van der Waals surface area contributed by atoms with E-state index in [1.165, 1.54) is 31.2 Å². The van der Waals surface area contributed by atoms with Crippen molar-refractivity contribution in [2.24, 2.45) is 0 Å². The van der Waals surface area contributed by atoms with Gasteiger partial charge in [-0.3, -0.25) is 0 Å². The molecule has 0 saturated heterocycles. The Morgan fingerprint density at radius 1 is 1.12 bits per heavy atom. The maximum Gasteiger partial charge on any atom is 0.0734 e. The maximum absolute atomic E-state index is 6.10. The van der Waals surface area contributed by atoms with E-state index in [9.17, 15) is 0 Å². The van der Waals surface area contributed by atoms with E-state index in [-0.39, 0.29) is 0 Å². The van der Waals surface area contributed by atoms with Crippen molar-refractivity contribution in [3.63, 3.8) is 0 Å². The number of ether oxygens (including phenoxy) is 1. The highest BCUT2D eigenvalue weighted by Crippen LogP contribution is 2.25. The Morgan fingerprint density at radius 3 is 2.53 bits per heavy atom. The average Bonchev–Trinajstić information content (AvgIpc) is 2.38. The van der Waals surface area contributed by atoms with Crippen LogP contribution in [0.4, 0.5) is 0 Å². The highest BCUT2D eigenvalue weighted by atomic mass is 16.5. The molecule has 1 aromatic rings. The van der Waals surface area contributed by atoms with Crippen LogP contribution in [-0.4, -0.2) is 31.1 Å². The van der Waals surface area contributed by atoms with Crippen LogP contribution in [0.3, 0.4) is 0 Å². The minimum Gasteiger partial charge on any atom is -0.372 e. The second-order valence-corrected chi connectivity index (χ2v) is 5.15. The number of rotatable bonds is 4. The van der Waals surface area contributed by atoms with Crippen LogP contribution in [0, 0.1) is 0 Å². The second kappa shape index (κ2) is 6.18. The molecule has 2 rings (SSSR count). The van der Waals surface area contributed by atoms with Crippen LogP contribution in [0.1, 0.15) is 31.2 Å². The van der Waals surface area contributed by atoms with Crippen molar-refractivity contribution >= 4 is 0 Å². The van der Waals surface area contributed by atoms with Crippen molar-refractivity contribution in [1.82, 2.24) is 4.90 Å². The third kappa shape index (κ3) is 3.55. The molecule has 1 saturated carbocycles. The average molecular weight is 233 g/mol. The summed E-state index contributed by atoms with van der Waals surface area (Å²) in [5, 5.41) is 0. The van der Waals surface area contributed by atoms with Crippen molar-refractivity contribution in [3.05, 3.63) is 35.9 Å². The van der Waals surface area contributed by atoms with E-state index in [0.29, 0.717) is 12.1 Å². The van der Waals surface area contributed by atoms with Crippen LogP contribution in [0.15, 0.2) is 30.3 Å². The molecule has 0 aromatic heterocycles. The van der Waals surface area contributed by atoms with Crippen molar-refractivity contribution in [2.45, 2.75) is 44.4 Å². The highest BCUT2D eigenvalue weighted by molar-refractivity contribution is 5.13. The molecule has 2 atom stereocenters. The zero-order chi connectivity index (χ0) is 12.1. The summed E-state index contributed by atoms with van der Waals surface area (Å²) in [5.41, 5.74) is 1.27. The van der Waals surface area contributed by atoms with Crippen LogP contribution >= 0.6 is 0 Å². The van der Waals surface area contributed by atoms with Crippen LogP contribution in [-0.2, 0) is 11.3 Å². The molecule has 17 heavy (non-hydrogen) atoms. The van der Waals surface area contributed by atoms with Gasteiger partial charge in [-0.25, -0.2) is 0 Å². The lowest BCUT2D eigenvalue weighted by Crippen LogP contribution is -2.42. The van der Waals surface area contributed by atoms with Crippen LogP contribution in [0.5, 0.6) is 0 Å². The fourth-order valence-electron chi connectivity index (χ4n) is 2.64. The van der Waals surface area contributed by atoms with E-state index >= 15 is 0 Å². The smallest absolute Gasteiger partial charge is 0.0734 e. The molecular weight excluding hydrogens is 210 g/mol. The molecule has 1 aromatic carbocycles. The zero-order valence-corrected chi connectivity index (χ0v) is 10.9. The molecule has 1 aliphatic carbocycles. The van der Waals surface area contributed by atoms with Crippen molar-refractivity contribution < 1.29 is 4.74 Å². The van der Waals surface area contributed by atoms with Gasteiger partial charge in [0.25, 0.3) is 0 Å². The van der Waals surface area contributed by atoms with Gasteiger partial charge in [0.2, 0.25) is 0 Å². The summed E-state index contributed by atoms with van der Waals surface area (Å²) in [6.45, 7) is 0.746. The fraction of sp³-hybridized carbons (Fsp3) is 0.600. The van der Waals surface area contributed by atoms with Gasteiger partial charge in [0, 0.05) is 6.04 Å².